The molecule has 4 heteroatoms. The Hall–Kier alpha value is -1.39. The molecule has 1 atom stereocenters. The van der Waals surface area contributed by atoms with E-state index in [2.05, 4.69) is 22.5 Å². The first-order valence-corrected chi connectivity index (χ1v) is 7.99. The van der Waals surface area contributed by atoms with Gasteiger partial charge in [-0.05, 0) is 45.0 Å². The van der Waals surface area contributed by atoms with E-state index in [1.807, 2.05) is 31.2 Å². The zero-order chi connectivity index (χ0) is 15.1. The highest BCUT2D eigenvalue weighted by molar-refractivity contribution is 5.92. The van der Waals surface area contributed by atoms with Crippen LogP contribution in [-0.4, -0.2) is 43.0 Å². The predicted octanol–water partition coefficient (Wildman–Crippen LogP) is 2.40. The van der Waals surface area contributed by atoms with E-state index in [9.17, 15) is 4.79 Å². The van der Waals surface area contributed by atoms with Gasteiger partial charge in [-0.1, -0.05) is 31.0 Å². The summed E-state index contributed by atoms with van der Waals surface area (Å²) in [6.45, 7) is 7.58. The van der Waals surface area contributed by atoms with Gasteiger partial charge in [0.15, 0.2) is 0 Å². The average Bonchev–Trinajstić information content (AvgIpc) is 2.50. The number of hydrogen-bond donors (Lipinski definition) is 2. The predicted molar refractivity (Wildman–Crippen MR) is 87.6 cm³/mol. The van der Waals surface area contributed by atoms with Gasteiger partial charge in [-0.25, -0.2) is 0 Å². The molecule has 1 aromatic carbocycles. The quantitative estimate of drug-likeness (QED) is 0.845. The minimum absolute atomic E-state index is 0.0662. The Balaban J connectivity index is 1.79. The van der Waals surface area contributed by atoms with Gasteiger partial charge < -0.3 is 10.6 Å². The summed E-state index contributed by atoms with van der Waals surface area (Å²) in [7, 11) is 0. The van der Waals surface area contributed by atoms with E-state index in [0.717, 1.165) is 25.3 Å². The number of rotatable bonds is 6. The molecule has 0 saturated carbocycles. The first-order chi connectivity index (χ1) is 10.2. The molecule has 1 heterocycles. The number of piperidine rings is 1. The molecule has 2 rings (SSSR count). The van der Waals surface area contributed by atoms with Crippen molar-refractivity contribution in [3.8, 4) is 0 Å². The van der Waals surface area contributed by atoms with Gasteiger partial charge >= 0.3 is 0 Å². The molecule has 1 amide bonds. The SMILES string of the molecule is CCN(CC(=O)Nc1ccc(C)cc1)CC1CCCCN1. The minimum atomic E-state index is 0.0662. The van der Waals surface area contributed by atoms with E-state index in [1.54, 1.807) is 0 Å². The highest BCUT2D eigenvalue weighted by Crippen LogP contribution is 2.10. The summed E-state index contributed by atoms with van der Waals surface area (Å²) in [6, 6.07) is 8.46. The molecular formula is C17H27N3O. The van der Waals surface area contributed by atoms with E-state index in [4.69, 9.17) is 0 Å². The monoisotopic (exact) mass is 289 g/mol. The lowest BCUT2D eigenvalue weighted by Crippen LogP contribution is -2.45. The van der Waals surface area contributed by atoms with Gasteiger partial charge in [-0.2, -0.15) is 0 Å². The lowest BCUT2D eigenvalue weighted by Gasteiger charge is -2.29. The Morgan fingerprint density at radius 1 is 1.33 bits per heavy atom. The number of likely N-dealkylation sites (N-methyl/N-ethyl adjacent to an activating group) is 1. The van der Waals surface area contributed by atoms with Gasteiger partial charge in [0.25, 0.3) is 0 Å². The molecule has 4 nitrogen and oxygen atoms in total. The third kappa shape index (κ3) is 5.48. The molecule has 0 spiro atoms. The maximum absolute atomic E-state index is 12.1. The molecule has 1 unspecified atom stereocenters. The number of nitrogens with zero attached hydrogens (tertiary/aromatic N) is 1. The van der Waals surface area contributed by atoms with Crippen LogP contribution in [0.3, 0.4) is 0 Å². The Kier molecular flexibility index (Phi) is 6.21. The fourth-order valence-electron chi connectivity index (χ4n) is 2.74. The molecule has 116 valence electrons. The van der Waals surface area contributed by atoms with Crippen LogP contribution >= 0.6 is 0 Å². The highest BCUT2D eigenvalue weighted by atomic mass is 16.2. The molecule has 21 heavy (non-hydrogen) atoms. The first kappa shape index (κ1) is 16.0. The molecule has 0 radical (unpaired) electrons. The number of carbonyl (C=O) groups is 1. The first-order valence-electron chi connectivity index (χ1n) is 7.99. The summed E-state index contributed by atoms with van der Waals surface area (Å²) in [5.74, 6) is 0.0662. The highest BCUT2D eigenvalue weighted by Gasteiger charge is 2.17. The molecule has 1 aromatic rings. The number of nitrogens with one attached hydrogen (secondary N) is 2. The Morgan fingerprint density at radius 3 is 2.71 bits per heavy atom. The van der Waals surface area contributed by atoms with Crippen LogP contribution < -0.4 is 10.6 Å². The Morgan fingerprint density at radius 2 is 2.10 bits per heavy atom. The maximum Gasteiger partial charge on any atom is 0.238 e. The standard InChI is InChI=1S/C17H27N3O/c1-3-20(12-16-6-4-5-11-18-16)13-17(21)19-15-9-7-14(2)8-10-15/h7-10,16,18H,3-6,11-13H2,1-2H3,(H,19,21). The van der Waals surface area contributed by atoms with Gasteiger partial charge in [-0.15, -0.1) is 0 Å². The van der Waals surface area contributed by atoms with Crippen molar-refractivity contribution in [1.29, 1.82) is 0 Å². The number of anilines is 1. The van der Waals surface area contributed by atoms with Crippen molar-refractivity contribution in [2.45, 2.75) is 39.2 Å². The summed E-state index contributed by atoms with van der Waals surface area (Å²) in [5.41, 5.74) is 2.07. The van der Waals surface area contributed by atoms with Crippen LogP contribution in [0, 0.1) is 6.92 Å². The molecule has 0 aromatic heterocycles. The molecule has 1 aliphatic heterocycles. The number of amides is 1. The third-order valence-corrected chi connectivity index (χ3v) is 4.04. The van der Waals surface area contributed by atoms with Crippen LogP contribution in [0.5, 0.6) is 0 Å². The van der Waals surface area contributed by atoms with Crippen LogP contribution in [-0.2, 0) is 4.79 Å². The summed E-state index contributed by atoms with van der Waals surface area (Å²) < 4.78 is 0. The fraction of sp³-hybridized carbons (Fsp3) is 0.588. The third-order valence-electron chi connectivity index (χ3n) is 4.04. The van der Waals surface area contributed by atoms with Gasteiger partial charge in [0.1, 0.15) is 0 Å². The van der Waals surface area contributed by atoms with E-state index in [0.29, 0.717) is 12.6 Å². The molecule has 0 bridgehead atoms. The zero-order valence-electron chi connectivity index (χ0n) is 13.2. The topological polar surface area (TPSA) is 44.4 Å². The maximum atomic E-state index is 12.1. The van der Waals surface area contributed by atoms with Crippen LogP contribution in [0.25, 0.3) is 0 Å². The summed E-state index contributed by atoms with van der Waals surface area (Å²) in [5, 5.41) is 6.51. The van der Waals surface area contributed by atoms with Crippen molar-refractivity contribution < 1.29 is 4.79 Å². The second kappa shape index (κ2) is 8.15. The zero-order valence-corrected chi connectivity index (χ0v) is 13.2. The van der Waals surface area contributed by atoms with Gasteiger partial charge in [0, 0.05) is 18.3 Å². The summed E-state index contributed by atoms with van der Waals surface area (Å²) in [6.07, 6.45) is 3.79. The van der Waals surface area contributed by atoms with Crippen LogP contribution in [0.15, 0.2) is 24.3 Å². The number of hydrogen-bond acceptors (Lipinski definition) is 3. The van der Waals surface area contributed by atoms with E-state index in [-0.39, 0.29) is 5.91 Å². The fourth-order valence-corrected chi connectivity index (χ4v) is 2.74. The Labute approximate surface area is 127 Å². The van der Waals surface area contributed by atoms with Crippen molar-refractivity contribution >= 4 is 11.6 Å². The van der Waals surface area contributed by atoms with Crippen molar-refractivity contribution in [3.05, 3.63) is 29.8 Å². The van der Waals surface area contributed by atoms with E-state index < -0.39 is 0 Å². The second-order valence-electron chi connectivity index (χ2n) is 5.89. The lowest BCUT2D eigenvalue weighted by atomic mass is 10.0. The second-order valence-corrected chi connectivity index (χ2v) is 5.89. The average molecular weight is 289 g/mol. The van der Waals surface area contributed by atoms with Gasteiger partial charge in [-0.3, -0.25) is 9.69 Å². The van der Waals surface area contributed by atoms with Crippen molar-refractivity contribution in [1.82, 2.24) is 10.2 Å². The van der Waals surface area contributed by atoms with Crippen molar-refractivity contribution in [2.24, 2.45) is 0 Å². The molecular weight excluding hydrogens is 262 g/mol. The summed E-state index contributed by atoms with van der Waals surface area (Å²) >= 11 is 0. The number of benzene rings is 1. The normalized spacial score (nSPS) is 18.7. The summed E-state index contributed by atoms with van der Waals surface area (Å²) in [4.78, 5) is 14.3. The van der Waals surface area contributed by atoms with E-state index >= 15 is 0 Å². The lowest BCUT2D eigenvalue weighted by molar-refractivity contribution is -0.117. The molecule has 0 aliphatic carbocycles. The molecule has 2 N–H and O–H groups in total. The van der Waals surface area contributed by atoms with Gasteiger partial charge in [0.2, 0.25) is 5.91 Å². The Bertz CT molecular complexity index is 438. The number of carbonyl (C=O) groups excluding carboxylic acids is 1. The smallest absolute Gasteiger partial charge is 0.238 e. The van der Waals surface area contributed by atoms with Gasteiger partial charge in [0.05, 0.1) is 6.54 Å². The minimum Gasteiger partial charge on any atom is -0.325 e. The molecule has 1 fully saturated rings. The van der Waals surface area contributed by atoms with Crippen LogP contribution in [0.1, 0.15) is 31.7 Å². The van der Waals surface area contributed by atoms with Crippen molar-refractivity contribution in [3.63, 3.8) is 0 Å². The van der Waals surface area contributed by atoms with Crippen LogP contribution in [0.4, 0.5) is 5.69 Å². The molecule has 1 aliphatic rings. The van der Waals surface area contributed by atoms with Crippen molar-refractivity contribution in [2.75, 3.05) is 31.5 Å². The van der Waals surface area contributed by atoms with E-state index in [1.165, 1.54) is 24.8 Å². The number of aryl methyl sites for hydroxylation is 1. The molecule has 1 saturated heterocycles. The largest absolute Gasteiger partial charge is 0.325 e. The van der Waals surface area contributed by atoms with Crippen LogP contribution in [0.2, 0.25) is 0 Å².